The van der Waals surface area contributed by atoms with E-state index in [4.69, 9.17) is 4.74 Å². The summed E-state index contributed by atoms with van der Waals surface area (Å²) in [6, 6.07) is 17.0. The van der Waals surface area contributed by atoms with Crippen molar-refractivity contribution < 1.29 is 9.53 Å². The summed E-state index contributed by atoms with van der Waals surface area (Å²) in [5, 5.41) is 2.87. The Labute approximate surface area is 129 Å². The summed E-state index contributed by atoms with van der Waals surface area (Å²) >= 11 is 1.41. The fourth-order valence-corrected chi connectivity index (χ4v) is 2.57. The number of hydrogen-bond acceptors (Lipinski definition) is 3. The third-order valence-electron chi connectivity index (χ3n) is 2.82. The number of carbonyl (C=O) groups excluding carboxylic acids is 1. The molecule has 0 aliphatic rings. The normalized spacial score (nSPS) is 10.0. The maximum Gasteiger partial charge on any atom is 0.332 e. The number of urea groups is 1. The van der Waals surface area contributed by atoms with Gasteiger partial charge in [-0.15, -0.1) is 0 Å². The van der Waals surface area contributed by atoms with E-state index in [2.05, 4.69) is 5.32 Å². The lowest BCUT2D eigenvalue weighted by atomic mass is 10.3. The van der Waals surface area contributed by atoms with Crippen molar-refractivity contribution in [3.05, 3.63) is 54.6 Å². The standard InChI is InChI=1S/C16H18N2O2S/c1-3-18(21-13-9-5-4-6-10-13)16(19)17-14-11-7-8-12-15(14)20-2/h4-12H,3H2,1-2H3,(H,17,19). The van der Waals surface area contributed by atoms with Gasteiger partial charge in [0, 0.05) is 11.4 Å². The van der Waals surface area contributed by atoms with Crippen LogP contribution in [0.5, 0.6) is 5.75 Å². The van der Waals surface area contributed by atoms with Gasteiger partial charge in [-0.3, -0.25) is 4.31 Å². The van der Waals surface area contributed by atoms with E-state index in [0.29, 0.717) is 18.0 Å². The van der Waals surface area contributed by atoms with Gasteiger partial charge in [-0.2, -0.15) is 0 Å². The molecule has 0 unspecified atom stereocenters. The van der Waals surface area contributed by atoms with Crippen LogP contribution in [-0.4, -0.2) is 24.0 Å². The SMILES string of the molecule is CCN(Sc1ccccc1)C(=O)Nc1ccccc1OC. The van der Waals surface area contributed by atoms with Crippen molar-refractivity contribution in [2.45, 2.75) is 11.8 Å². The second kappa shape index (κ2) is 7.59. The van der Waals surface area contributed by atoms with Crippen LogP contribution >= 0.6 is 11.9 Å². The molecule has 2 aromatic rings. The minimum absolute atomic E-state index is 0.171. The monoisotopic (exact) mass is 302 g/mol. The van der Waals surface area contributed by atoms with E-state index in [9.17, 15) is 4.79 Å². The molecule has 0 spiro atoms. The second-order valence-corrected chi connectivity index (χ2v) is 5.32. The molecule has 4 nitrogen and oxygen atoms in total. The van der Waals surface area contributed by atoms with Crippen molar-refractivity contribution >= 4 is 23.7 Å². The Morgan fingerprint density at radius 3 is 2.48 bits per heavy atom. The van der Waals surface area contributed by atoms with Crippen molar-refractivity contribution in [1.82, 2.24) is 4.31 Å². The Morgan fingerprint density at radius 1 is 1.14 bits per heavy atom. The summed E-state index contributed by atoms with van der Waals surface area (Å²) < 4.78 is 6.91. The summed E-state index contributed by atoms with van der Waals surface area (Å²) in [5.74, 6) is 0.645. The highest BCUT2D eigenvalue weighted by atomic mass is 32.2. The Balaban J connectivity index is 2.06. The third-order valence-corrected chi connectivity index (χ3v) is 3.95. The number of methoxy groups -OCH3 is 1. The first-order valence-electron chi connectivity index (χ1n) is 6.69. The molecule has 110 valence electrons. The first kappa shape index (κ1) is 15.3. The number of anilines is 1. The maximum atomic E-state index is 12.4. The van der Waals surface area contributed by atoms with Gasteiger partial charge in [-0.1, -0.05) is 30.3 Å². The van der Waals surface area contributed by atoms with Crippen LogP contribution in [0.4, 0.5) is 10.5 Å². The first-order valence-corrected chi connectivity index (χ1v) is 7.46. The lowest BCUT2D eigenvalue weighted by Gasteiger charge is -2.20. The number of amides is 2. The lowest BCUT2D eigenvalue weighted by molar-refractivity contribution is 0.239. The average molecular weight is 302 g/mol. The van der Waals surface area contributed by atoms with Crippen LogP contribution in [0, 0.1) is 0 Å². The van der Waals surface area contributed by atoms with Gasteiger partial charge in [0.1, 0.15) is 5.75 Å². The van der Waals surface area contributed by atoms with E-state index in [1.54, 1.807) is 11.4 Å². The topological polar surface area (TPSA) is 41.6 Å². The summed E-state index contributed by atoms with van der Waals surface area (Å²) in [6.07, 6.45) is 0. The molecule has 0 saturated heterocycles. The van der Waals surface area contributed by atoms with Crippen LogP contribution in [0.15, 0.2) is 59.5 Å². The third kappa shape index (κ3) is 4.16. The molecule has 21 heavy (non-hydrogen) atoms. The molecule has 2 rings (SSSR count). The number of rotatable bonds is 5. The van der Waals surface area contributed by atoms with Crippen molar-refractivity contribution in [2.24, 2.45) is 0 Å². The van der Waals surface area contributed by atoms with Crippen LogP contribution in [0.25, 0.3) is 0 Å². The molecule has 0 heterocycles. The highest BCUT2D eigenvalue weighted by molar-refractivity contribution is 7.97. The molecular formula is C16H18N2O2S. The van der Waals surface area contributed by atoms with Crippen molar-refractivity contribution in [3.8, 4) is 5.75 Å². The molecule has 2 aromatic carbocycles. The molecule has 0 aliphatic heterocycles. The van der Waals surface area contributed by atoms with Crippen LogP contribution in [0.1, 0.15) is 6.92 Å². The summed E-state index contributed by atoms with van der Waals surface area (Å²) in [6.45, 7) is 2.54. The number of benzene rings is 2. The maximum absolute atomic E-state index is 12.4. The zero-order chi connectivity index (χ0) is 15.1. The second-order valence-electron chi connectivity index (χ2n) is 4.23. The summed E-state index contributed by atoms with van der Waals surface area (Å²) in [7, 11) is 1.58. The predicted molar refractivity (Wildman–Crippen MR) is 86.7 cm³/mol. The molecule has 0 saturated carbocycles. The molecule has 5 heteroatoms. The number of ether oxygens (including phenoxy) is 1. The van der Waals surface area contributed by atoms with Crippen LogP contribution < -0.4 is 10.1 Å². The van der Waals surface area contributed by atoms with E-state index >= 15 is 0 Å². The molecule has 0 aromatic heterocycles. The van der Waals surface area contributed by atoms with Crippen molar-refractivity contribution in [2.75, 3.05) is 19.0 Å². The van der Waals surface area contributed by atoms with Gasteiger partial charge in [0.05, 0.1) is 12.8 Å². The Bertz CT molecular complexity index is 590. The highest BCUT2D eigenvalue weighted by Gasteiger charge is 2.15. The minimum atomic E-state index is -0.171. The number of para-hydroxylation sites is 2. The van der Waals surface area contributed by atoms with Gasteiger partial charge in [0.15, 0.2) is 0 Å². The van der Waals surface area contributed by atoms with Gasteiger partial charge in [-0.25, -0.2) is 4.79 Å². The molecule has 2 amide bonds. The van der Waals surface area contributed by atoms with Crippen LogP contribution in [-0.2, 0) is 0 Å². The van der Waals surface area contributed by atoms with Crippen LogP contribution in [0.3, 0.4) is 0 Å². The largest absolute Gasteiger partial charge is 0.495 e. The summed E-state index contributed by atoms with van der Waals surface area (Å²) in [5.41, 5.74) is 0.664. The van der Waals surface area contributed by atoms with Gasteiger partial charge in [-0.05, 0) is 43.1 Å². The molecule has 0 aliphatic carbocycles. The fraction of sp³-hybridized carbons (Fsp3) is 0.188. The fourth-order valence-electron chi connectivity index (χ4n) is 1.78. The zero-order valence-corrected chi connectivity index (χ0v) is 12.9. The van der Waals surface area contributed by atoms with E-state index in [0.717, 1.165) is 4.90 Å². The van der Waals surface area contributed by atoms with Gasteiger partial charge >= 0.3 is 6.03 Å². The van der Waals surface area contributed by atoms with E-state index in [-0.39, 0.29) is 6.03 Å². The van der Waals surface area contributed by atoms with E-state index in [1.165, 1.54) is 11.9 Å². The molecule has 0 radical (unpaired) electrons. The number of hydrogen-bond donors (Lipinski definition) is 1. The van der Waals surface area contributed by atoms with Gasteiger partial charge in [0.2, 0.25) is 0 Å². The smallest absolute Gasteiger partial charge is 0.332 e. The van der Waals surface area contributed by atoms with E-state index < -0.39 is 0 Å². The quantitative estimate of drug-likeness (QED) is 0.839. The molecular weight excluding hydrogens is 284 g/mol. The lowest BCUT2D eigenvalue weighted by Crippen LogP contribution is -2.29. The number of nitrogens with one attached hydrogen (secondary N) is 1. The Kier molecular flexibility index (Phi) is 5.51. The number of carbonyl (C=O) groups is 1. The van der Waals surface area contributed by atoms with Gasteiger partial charge in [0.25, 0.3) is 0 Å². The van der Waals surface area contributed by atoms with Crippen molar-refractivity contribution in [1.29, 1.82) is 0 Å². The Morgan fingerprint density at radius 2 is 1.81 bits per heavy atom. The Hall–Kier alpha value is -2.14. The summed E-state index contributed by atoms with van der Waals surface area (Å²) in [4.78, 5) is 13.4. The first-order chi connectivity index (χ1) is 10.2. The average Bonchev–Trinajstić information content (AvgIpc) is 2.54. The molecule has 1 N–H and O–H groups in total. The van der Waals surface area contributed by atoms with Gasteiger partial charge < -0.3 is 10.1 Å². The van der Waals surface area contributed by atoms with Crippen LogP contribution in [0.2, 0.25) is 0 Å². The zero-order valence-electron chi connectivity index (χ0n) is 12.1. The predicted octanol–water partition coefficient (Wildman–Crippen LogP) is 4.26. The molecule has 0 bridgehead atoms. The molecule has 0 fully saturated rings. The highest BCUT2D eigenvalue weighted by Crippen LogP contribution is 2.26. The number of nitrogens with zero attached hydrogens (tertiary/aromatic N) is 1. The minimum Gasteiger partial charge on any atom is -0.495 e. The van der Waals surface area contributed by atoms with E-state index in [1.807, 2.05) is 61.5 Å². The molecule has 0 atom stereocenters. The van der Waals surface area contributed by atoms with Crippen molar-refractivity contribution in [3.63, 3.8) is 0 Å².